The highest BCUT2D eigenvalue weighted by Gasteiger charge is 2.42. The summed E-state index contributed by atoms with van der Waals surface area (Å²) in [5.74, 6) is -7.70. The molecule has 170 valence electrons. The van der Waals surface area contributed by atoms with Crippen molar-refractivity contribution in [1.29, 1.82) is 0 Å². The van der Waals surface area contributed by atoms with Crippen molar-refractivity contribution in [2.24, 2.45) is 17.6 Å². The van der Waals surface area contributed by atoms with E-state index in [1.54, 1.807) is 6.07 Å². The first-order valence-electron chi connectivity index (χ1n) is 9.29. The van der Waals surface area contributed by atoms with E-state index in [2.05, 4.69) is 20.1 Å². The van der Waals surface area contributed by atoms with Crippen molar-refractivity contribution in [2.75, 3.05) is 14.2 Å². The molecule has 0 radical (unpaired) electrons. The fraction of sp³-hybridized carbons (Fsp3) is 0.450. The number of carbonyl (C=O) groups is 5. The second-order valence-electron chi connectivity index (χ2n) is 6.82. The van der Waals surface area contributed by atoms with Crippen LogP contribution in [0.5, 0.6) is 0 Å². The highest BCUT2D eigenvalue weighted by molar-refractivity contribution is 5.97. The summed E-state index contributed by atoms with van der Waals surface area (Å²) in [6, 6.07) is 2.93. The summed E-state index contributed by atoms with van der Waals surface area (Å²) in [5, 5.41) is 4.72. The molecule has 0 aliphatic heterocycles. The molecule has 0 unspecified atom stereocenters. The molecule has 11 heteroatoms. The number of ether oxygens (including phenoxy) is 2. The molecule has 0 aliphatic carbocycles. The van der Waals surface area contributed by atoms with Gasteiger partial charge in [-0.3, -0.25) is 24.0 Å². The number of halogens is 1. The molecular weight excluding hydrogens is 413 g/mol. The van der Waals surface area contributed by atoms with Crippen molar-refractivity contribution in [3.63, 3.8) is 0 Å². The third kappa shape index (κ3) is 7.05. The summed E-state index contributed by atoms with van der Waals surface area (Å²) >= 11 is 0. The quantitative estimate of drug-likeness (QED) is 0.326. The second-order valence-corrected chi connectivity index (χ2v) is 6.82. The van der Waals surface area contributed by atoms with Gasteiger partial charge in [-0.2, -0.15) is 0 Å². The lowest BCUT2D eigenvalue weighted by molar-refractivity contribution is -0.162. The van der Waals surface area contributed by atoms with E-state index in [4.69, 9.17) is 5.73 Å². The van der Waals surface area contributed by atoms with Crippen LogP contribution in [0, 0.1) is 17.7 Å². The lowest BCUT2D eigenvalue weighted by atomic mass is 9.86. The van der Waals surface area contributed by atoms with Gasteiger partial charge in [-0.25, -0.2) is 4.39 Å². The van der Waals surface area contributed by atoms with Gasteiger partial charge in [0, 0.05) is 19.3 Å². The van der Waals surface area contributed by atoms with Gasteiger partial charge in [0.1, 0.15) is 17.9 Å². The molecule has 1 aromatic rings. The Bertz CT molecular complexity index is 830. The average molecular weight is 439 g/mol. The lowest BCUT2D eigenvalue weighted by Crippen LogP contribution is -2.57. The first-order chi connectivity index (χ1) is 14.5. The predicted octanol–water partition coefficient (Wildman–Crippen LogP) is -0.559. The Hall–Kier alpha value is -3.50. The molecule has 3 amide bonds. The molecule has 0 aliphatic rings. The number of hydrogen-bond acceptors (Lipinski definition) is 7. The van der Waals surface area contributed by atoms with Crippen molar-refractivity contribution in [3.8, 4) is 0 Å². The van der Waals surface area contributed by atoms with Crippen LogP contribution in [0.25, 0.3) is 0 Å². The number of methoxy groups -OCH3 is 2. The molecule has 4 N–H and O–H groups in total. The van der Waals surface area contributed by atoms with Crippen LogP contribution in [-0.2, 0) is 39.9 Å². The molecule has 1 rings (SSSR count). The van der Waals surface area contributed by atoms with Crippen molar-refractivity contribution in [3.05, 3.63) is 35.6 Å². The van der Waals surface area contributed by atoms with Gasteiger partial charge in [-0.15, -0.1) is 0 Å². The number of hydrogen-bond donors (Lipinski definition) is 3. The molecule has 0 aromatic heterocycles. The molecule has 0 saturated carbocycles. The third-order valence-electron chi connectivity index (χ3n) is 4.64. The molecular formula is C20H26FN3O7. The van der Waals surface area contributed by atoms with Crippen LogP contribution in [0.15, 0.2) is 24.3 Å². The molecule has 0 saturated heterocycles. The summed E-state index contributed by atoms with van der Waals surface area (Å²) in [7, 11) is 2.09. The smallest absolute Gasteiger partial charge is 0.320 e. The van der Waals surface area contributed by atoms with E-state index in [1.807, 2.05) is 0 Å². The first-order valence-corrected chi connectivity index (χ1v) is 9.29. The van der Waals surface area contributed by atoms with Gasteiger partial charge in [0.25, 0.3) is 0 Å². The zero-order chi connectivity index (χ0) is 23.7. The fourth-order valence-corrected chi connectivity index (χ4v) is 3.03. The Kier molecular flexibility index (Phi) is 9.58. The lowest BCUT2D eigenvalue weighted by Gasteiger charge is -2.28. The zero-order valence-corrected chi connectivity index (χ0v) is 17.6. The van der Waals surface area contributed by atoms with Crippen LogP contribution in [0.2, 0.25) is 0 Å². The molecule has 0 heterocycles. The number of carbonyl (C=O) groups excluding carboxylic acids is 5. The summed E-state index contributed by atoms with van der Waals surface area (Å²) in [5.41, 5.74) is 5.53. The van der Waals surface area contributed by atoms with E-state index in [0.717, 1.165) is 14.2 Å². The molecule has 1 aromatic carbocycles. The summed E-state index contributed by atoms with van der Waals surface area (Å²) in [6.07, 6.45) is -0.213. The summed E-state index contributed by atoms with van der Waals surface area (Å²) in [4.78, 5) is 60.5. The minimum Gasteiger partial charge on any atom is -0.468 e. The summed E-state index contributed by atoms with van der Waals surface area (Å²) in [6.45, 7) is 2.50. The van der Waals surface area contributed by atoms with Crippen LogP contribution in [0.4, 0.5) is 4.39 Å². The van der Waals surface area contributed by atoms with Crippen LogP contribution in [0.3, 0.4) is 0 Å². The van der Waals surface area contributed by atoms with Crippen LogP contribution < -0.4 is 16.4 Å². The Morgan fingerprint density at radius 3 is 2.03 bits per heavy atom. The molecule has 31 heavy (non-hydrogen) atoms. The summed E-state index contributed by atoms with van der Waals surface area (Å²) < 4.78 is 23.2. The molecule has 3 atom stereocenters. The minimum atomic E-state index is -1.54. The predicted molar refractivity (Wildman–Crippen MR) is 106 cm³/mol. The Morgan fingerprint density at radius 1 is 1.03 bits per heavy atom. The maximum Gasteiger partial charge on any atom is 0.320 e. The maximum absolute atomic E-state index is 14.0. The molecule has 0 fully saturated rings. The number of primary amides is 1. The Balaban J connectivity index is 3.16. The van der Waals surface area contributed by atoms with E-state index in [-0.39, 0.29) is 12.0 Å². The largest absolute Gasteiger partial charge is 0.468 e. The van der Waals surface area contributed by atoms with Gasteiger partial charge in [0.15, 0.2) is 5.92 Å². The number of nitrogens with two attached hydrogens (primary N) is 1. The number of amides is 3. The van der Waals surface area contributed by atoms with Crippen LogP contribution >= 0.6 is 0 Å². The van der Waals surface area contributed by atoms with E-state index in [0.29, 0.717) is 0 Å². The first kappa shape index (κ1) is 25.5. The van der Waals surface area contributed by atoms with Crippen molar-refractivity contribution in [1.82, 2.24) is 10.6 Å². The average Bonchev–Trinajstić information content (AvgIpc) is 2.71. The standard InChI is InChI=1S/C20H26FN3O7/c1-10(15(19(28)30-3)20(29)31-4)16(17(22)26)24-18(27)14(23-11(2)25)9-12-7-5-6-8-13(12)21/h5-8,10,14-16H,9H2,1-4H3,(H2,22,26)(H,23,25)(H,24,27)/t10-,14+,16-/m1/s1. The third-order valence-corrected chi connectivity index (χ3v) is 4.64. The van der Waals surface area contributed by atoms with Crippen molar-refractivity contribution in [2.45, 2.75) is 32.4 Å². The minimum absolute atomic E-state index is 0.155. The van der Waals surface area contributed by atoms with Gasteiger partial charge in [0.05, 0.1) is 14.2 Å². The van der Waals surface area contributed by atoms with Gasteiger partial charge in [-0.1, -0.05) is 25.1 Å². The zero-order valence-electron chi connectivity index (χ0n) is 17.6. The SMILES string of the molecule is COC(=O)C(C(=O)OC)[C@@H](C)[C@@H](NC(=O)[C@H](Cc1ccccc1F)NC(C)=O)C(N)=O. The number of nitrogens with one attached hydrogen (secondary N) is 2. The van der Waals surface area contributed by atoms with Crippen LogP contribution in [0.1, 0.15) is 19.4 Å². The van der Waals surface area contributed by atoms with E-state index in [9.17, 15) is 28.4 Å². The van der Waals surface area contributed by atoms with Crippen molar-refractivity contribution >= 4 is 29.7 Å². The second kappa shape index (κ2) is 11.6. The maximum atomic E-state index is 14.0. The molecule has 10 nitrogen and oxygen atoms in total. The Labute approximate surface area is 178 Å². The fourth-order valence-electron chi connectivity index (χ4n) is 3.03. The monoisotopic (exact) mass is 439 g/mol. The molecule has 0 spiro atoms. The van der Waals surface area contributed by atoms with Gasteiger partial charge < -0.3 is 25.8 Å². The number of rotatable bonds is 10. The molecule has 0 bridgehead atoms. The van der Waals surface area contributed by atoms with E-state index < -0.39 is 59.4 Å². The normalized spacial score (nSPS) is 13.5. The Morgan fingerprint density at radius 2 is 1.58 bits per heavy atom. The highest BCUT2D eigenvalue weighted by Crippen LogP contribution is 2.20. The van der Waals surface area contributed by atoms with Crippen molar-refractivity contribution < 1.29 is 37.8 Å². The van der Waals surface area contributed by atoms with Gasteiger partial charge in [-0.05, 0) is 11.6 Å². The van der Waals surface area contributed by atoms with Crippen LogP contribution in [-0.4, -0.2) is 56.0 Å². The van der Waals surface area contributed by atoms with E-state index >= 15 is 0 Å². The highest BCUT2D eigenvalue weighted by atomic mass is 19.1. The van der Waals surface area contributed by atoms with E-state index in [1.165, 1.54) is 32.0 Å². The number of benzene rings is 1. The number of esters is 2. The van der Waals surface area contributed by atoms with Gasteiger partial charge in [0.2, 0.25) is 17.7 Å². The van der Waals surface area contributed by atoms with Gasteiger partial charge >= 0.3 is 11.9 Å². The topological polar surface area (TPSA) is 154 Å².